The molecule has 1 aliphatic rings. The van der Waals surface area contributed by atoms with E-state index in [1.807, 2.05) is 0 Å². The molecule has 0 aliphatic heterocycles. The van der Waals surface area contributed by atoms with E-state index in [1.165, 1.54) is 6.07 Å². The number of aliphatic hydroxyl groups excluding tert-OH is 1. The fourth-order valence-electron chi connectivity index (χ4n) is 2.19. The van der Waals surface area contributed by atoms with Crippen molar-refractivity contribution in [3.63, 3.8) is 0 Å². The highest BCUT2D eigenvalue weighted by Gasteiger charge is 2.33. The van der Waals surface area contributed by atoms with Crippen LogP contribution in [0.25, 0.3) is 0 Å². The van der Waals surface area contributed by atoms with Gasteiger partial charge in [-0.3, -0.25) is 0 Å². The summed E-state index contributed by atoms with van der Waals surface area (Å²) in [6, 6.07) is 3.03. The molecule has 0 unspecified atom stereocenters. The molecule has 2 nitrogen and oxygen atoms in total. The maximum Gasteiger partial charge on any atom is 0.416 e. The van der Waals surface area contributed by atoms with Crippen LogP contribution in [0.2, 0.25) is 0 Å². The molecule has 2 rings (SSSR count). The van der Waals surface area contributed by atoms with Gasteiger partial charge in [0, 0.05) is 6.04 Å². The molecule has 0 saturated carbocycles. The van der Waals surface area contributed by atoms with Gasteiger partial charge >= 0.3 is 6.18 Å². The normalized spacial score (nSPS) is 25.2. The molecule has 0 radical (unpaired) electrons. The first kappa shape index (κ1) is 12.4. The fourth-order valence-corrected chi connectivity index (χ4v) is 2.19. The van der Waals surface area contributed by atoms with Crippen LogP contribution in [0, 0.1) is 0 Å². The summed E-state index contributed by atoms with van der Waals surface area (Å²) in [5, 5.41) is 9.91. The Morgan fingerprint density at radius 3 is 2.65 bits per heavy atom. The van der Waals surface area contributed by atoms with E-state index in [0.29, 0.717) is 18.4 Å². The highest BCUT2D eigenvalue weighted by Crippen LogP contribution is 2.34. The molecule has 0 spiro atoms. The second kappa shape index (κ2) is 4.31. The summed E-state index contributed by atoms with van der Waals surface area (Å²) >= 11 is 0. The van der Waals surface area contributed by atoms with Crippen molar-refractivity contribution in [1.29, 1.82) is 0 Å². The van der Waals surface area contributed by atoms with E-state index >= 15 is 0 Å². The van der Waals surface area contributed by atoms with Crippen molar-refractivity contribution >= 4 is 0 Å². The van der Waals surface area contributed by atoms with Gasteiger partial charge in [0.1, 0.15) is 0 Å². The predicted molar refractivity (Wildman–Crippen MR) is 57.3 cm³/mol. The maximum atomic E-state index is 12.6. The van der Waals surface area contributed by atoms with Crippen molar-refractivity contribution in [3.05, 3.63) is 34.9 Å². The summed E-state index contributed by atoms with van der Waals surface area (Å²) in [6.07, 6.45) is -3.31. The van der Waals surface area contributed by atoms with Crippen LogP contribution in [0.1, 0.15) is 35.6 Å². The van der Waals surface area contributed by atoms with Gasteiger partial charge in [0.25, 0.3) is 0 Å². The SMILES string of the molecule is N[C@H]1CCCc2ccc(C(F)(F)F)cc2[C@@H]1O. The minimum absolute atomic E-state index is 0.324. The molecular formula is C12H14F3NO. The van der Waals surface area contributed by atoms with Crippen molar-refractivity contribution in [2.45, 2.75) is 37.6 Å². The molecule has 0 aromatic heterocycles. The summed E-state index contributed by atoms with van der Waals surface area (Å²) in [6.45, 7) is 0. The Bertz CT molecular complexity index is 417. The summed E-state index contributed by atoms with van der Waals surface area (Å²) in [7, 11) is 0. The van der Waals surface area contributed by atoms with Crippen LogP contribution in [0.4, 0.5) is 13.2 Å². The smallest absolute Gasteiger partial charge is 0.387 e. The molecule has 1 aliphatic carbocycles. The number of hydrogen-bond donors (Lipinski definition) is 2. The predicted octanol–water partition coefficient (Wildman–Crippen LogP) is 2.40. The lowest BCUT2D eigenvalue weighted by molar-refractivity contribution is -0.137. The third-order valence-electron chi connectivity index (χ3n) is 3.18. The molecular weight excluding hydrogens is 231 g/mol. The average molecular weight is 245 g/mol. The molecule has 17 heavy (non-hydrogen) atoms. The van der Waals surface area contributed by atoms with Gasteiger partial charge in [0.05, 0.1) is 11.7 Å². The minimum atomic E-state index is -4.38. The number of benzene rings is 1. The topological polar surface area (TPSA) is 46.2 Å². The average Bonchev–Trinajstić information content (AvgIpc) is 2.39. The molecule has 0 bridgehead atoms. The van der Waals surface area contributed by atoms with E-state index in [0.717, 1.165) is 24.1 Å². The van der Waals surface area contributed by atoms with E-state index in [-0.39, 0.29) is 0 Å². The van der Waals surface area contributed by atoms with E-state index in [2.05, 4.69) is 0 Å². The van der Waals surface area contributed by atoms with Gasteiger partial charge in [-0.1, -0.05) is 6.07 Å². The molecule has 1 aromatic carbocycles. The van der Waals surface area contributed by atoms with Gasteiger partial charge in [-0.25, -0.2) is 0 Å². The fraction of sp³-hybridized carbons (Fsp3) is 0.500. The number of fused-ring (bicyclic) bond motifs is 1. The lowest BCUT2D eigenvalue weighted by Crippen LogP contribution is -2.27. The number of nitrogens with two attached hydrogens (primary N) is 1. The van der Waals surface area contributed by atoms with E-state index in [4.69, 9.17) is 5.73 Å². The molecule has 0 saturated heterocycles. The van der Waals surface area contributed by atoms with E-state index in [9.17, 15) is 18.3 Å². The zero-order valence-corrected chi connectivity index (χ0v) is 9.17. The maximum absolute atomic E-state index is 12.6. The van der Waals surface area contributed by atoms with Crippen LogP contribution in [0.3, 0.4) is 0 Å². The summed E-state index contributed by atoms with van der Waals surface area (Å²) in [5.41, 5.74) is 6.08. The van der Waals surface area contributed by atoms with Gasteiger partial charge < -0.3 is 10.8 Å². The number of aryl methyl sites for hydroxylation is 1. The third kappa shape index (κ3) is 2.45. The zero-order chi connectivity index (χ0) is 12.6. The Morgan fingerprint density at radius 2 is 2.00 bits per heavy atom. The lowest BCUT2D eigenvalue weighted by Gasteiger charge is -2.19. The first-order chi connectivity index (χ1) is 7.89. The van der Waals surface area contributed by atoms with Gasteiger partial charge in [-0.2, -0.15) is 13.2 Å². The second-order valence-corrected chi connectivity index (χ2v) is 4.41. The van der Waals surface area contributed by atoms with Crippen LogP contribution in [0.5, 0.6) is 0 Å². The molecule has 0 fully saturated rings. The van der Waals surface area contributed by atoms with Crippen LogP contribution >= 0.6 is 0 Å². The number of hydrogen-bond acceptors (Lipinski definition) is 2. The van der Waals surface area contributed by atoms with Gasteiger partial charge in [-0.05, 0) is 42.5 Å². The van der Waals surface area contributed by atoms with Crippen LogP contribution < -0.4 is 5.73 Å². The van der Waals surface area contributed by atoms with Crippen LogP contribution in [-0.2, 0) is 12.6 Å². The number of rotatable bonds is 0. The molecule has 94 valence electrons. The second-order valence-electron chi connectivity index (χ2n) is 4.41. The standard InChI is InChI=1S/C12H14F3NO/c13-12(14,15)8-5-4-7-2-1-3-10(16)11(17)9(7)6-8/h4-6,10-11,17H,1-3,16H2/t10-,11-/m0/s1. The monoisotopic (exact) mass is 245 g/mol. The van der Waals surface area contributed by atoms with E-state index in [1.54, 1.807) is 0 Å². The van der Waals surface area contributed by atoms with Gasteiger partial charge in [0.2, 0.25) is 0 Å². The largest absolute Gasteiger partial charge is 0.416 e. The Labute approximate surface area is 97.2 Å². The first-order valence-electron chi connectivity index (χ1n) is 5.53. The Hall–Kier alpha value is -1.07. The van der Waals surface area contributed by atoms with Crippen molar-refractivity contribution in [1.82, 2.24) is 0 Å². The molecule has 1 aromatic rings. The Kier molecular flexibility index (Phi) is 3.14. The summed E-state index contributed by atoms with van der Waals surface area (Å²) in [5.74, 6) is 0. The zero-order valence-electron chi connectivity index (χ0n) is 9.17. The number of alkyl halides is 3. The van der Waals surface area contributed by atoms with Crippen molar-refractivity contribution < 1.29 is 18.3 Å². The molecule has 2 atom stereocenters. The van der Waals surface area contributed by atoms with Crippen molar-refractivity contribution in [2.24, 2.45) is 5.73 Å². The molecule has 3 N–H and O–H groups in total. The molecule has 0 amide bonds. The third-order valence-corrected chi connectivity index (χ3v) is 3.18. The molecule has 0 heterocycles. The summed E-state index contributed by atoms with van der Waals surface area (Å²) < 4.78 is 37.7. The van der Waals surface area contributed by atoms with Crippen molar-refractivity contribution in [2.75, 3.05) is 0 Å². The lowest BCUT2D eigenvalue weighted by atomic mass is 9.96. The number of aliphatic hydroxyl groups is 1. The highest BCUT2D eigenvalue weighted by atomic mass is 19.4. The Balaban J connectivity index is 2.46. The molecule has 5 heteroatoms. The van der Waals surface area contributed by atoms with Gasteiger partial charge in [-0.15, -0.1) is 0 Å². The van der Waals surface area contributed by atoms with Crippen LogP contribution in [-0.4, -0.2) is 11.1 Å². The first-order valence-corrected chi connectivity index (χ1v) is 5.53. The van der Waals surface area contributed by atoms with Gasteiger partial charge in [0.15, 0.2) is 0 Å². The minimum Gasteiger partial charge on any atom is -0.387 e. The highest BCUT2D eigenvalue weighted by molar-refractivity contribution is 5.36. The van der Waals surface area contributed by atoms with Crippen LogP contribution in [0.15, 0.2) is 18.2 Å². The van der Waals surface area contributed by atoms with Crippen molar-refractivity contribution in [3.8, 4) is 0 Å². The quantitative estimate of drug-likeness (QED) is 0.689. The summed E-state index contributed by atoms with van der Waals surface area (Å²) in [4.78, 5) is 0. The number of halogens is 3. The Morgan fingerprint density at radius 1 is 1.29 bits per heavy atom. The van der Waals surface area contributed by atoms with E-state index < -0.39 is 23.9 Å².